The lowest BCUT2D eigenvalue weighted by atomic mass is 9.80. The maximum Gasteiger partial charge on any atom is -0.0153 e. The molecule has 22 heavy (non-hydrogen) atoms. The van der Waals surface area contributed by atoms with E-state index >= 15 is 0 Å². The molecule has 0 N–H and O–H groups in total. The Kier molecular flexibility index (Phi) is 4.47. The summed E-state index contributed by atoms with van der Waals surface area (Å²) < 4.78 is 0. The number of fused-ring (bicyclic) bond motifs is 1. The summed E-state index contributed by atoms with van der Waals surface area (Å²) in [6, 6.07) is 15.8. The van der Waals surface area contributed by atoms with E-state index in [-0.39, 0.29) is 0 Å². The Balaban J connectivity index is 1.79. The van der Waals surface area contributed by atoms with Crippen LogP contribution in [-0.4, -0.2) is 0 Å². The number of rotatable bonds is 6. The van der Waals surface area contributed by atoms with E-state index in [1.807, 2.05) is 6.08 Å². The fourth-order valence-electron chi connectivity index (χ4n) is 3.67. The Bertz CT molecular complexity index is 665. The third kappa shape index (κ3) is 2.88. The normalized spacial score (nSPS) is 15.5. The van der Waals surface area contributed by atoms with Crippen molar-refractivity contribution in [1.29, 1.82) is 0 Å². The van der Waals surface area contributed by atoms with Crippen molar-refractivity contribution in [1.82, 2.24) is 0 Å². The van der Waals surface area contributed by atoms with Crippen LogP contribution in [0.3, 0.4) is 0 Å². The van der Waals surface area contributed by atoms with Crippen molar-refractivity contribution in [2.45, 2.75) is 51.4 Å². The smallest absolute Gasteiger partial charge is 0.0153 e. The third-order valence-corrected chi connectivity index (χ3v) is 5.25. The molecule has 0 aromatic heterocycles. The molecule has 0 heterocycles. The van der Waals surface area contributed by atoms with Gasteiger partial charge in [-0.15, -0.1) is 0 Å². The predicted octanol–water partition coefficient (Wildman–Crippen LogP) is 6.12. The minimum absolute atomic E-state index is 0.605. The molecule has 0 saturated carbocycles. The van der Waals surface area contributed by atoms with Gasteiger partial charge >= 0.3 is 0 Å². The molecule has 2 aromatic rings. The lowest BCUT2D eigenvalue weighted by molar-refractivity contribution is 0.543. The molecule has 0 bridgehead atoms. The first-order valence-corrected chi connectivity index (χ1v) is 8.56. The molecule has 0 aliphatic heterocycles. The summed E-state index contributed by atoms with van der Waals surface area (Å²) in [5.74, 6) is 1.21. The van der Waals surface area contributed by atoms with E-state index in [2.05, 4.69) is 62.9 Å². The average Bonchev–Trinajstić information content (AvgIpc) is 2.53. The van der Waals surface area contributed by atoms with Crippen LogP contribution in [0.25, 0.3) is 6.08 Å². The van der Waals surface area contributed by atoms with Crippen LogP contribution in [0.1, 0.15) is 66.3 Å². The van der Waals surface area contributed by atoms with Crippen LogP contribution in [0.2, 0.25) is 0 Å². The lowest BCUT2D eigenvalue weighted by Gasteiger charge is -2.25. The van der Waals surface area contributed by atoms with Crippen LogP contribution in [-0.2, 0) is 12.8 Å². The van der Waals surface area contributed by atoms with Gasteiger partial charge in [-0.1, -0.05) is 69.0 Å². The van der Waals surface area contributed by atoms with Crippen molar-refractivity contribution >= 4 is 6.08 Å². The van der Waals surface area contributed by atoms with Crippen LogP contribution in [0, 0.1) is 0 Å². The number of aryl methyl sites for hydroxylation is 2. The van der Waals surface area contributed by atoms with Gasteiger partial charge in [0.05, 0.1) is 0 Å². The SMILES string of the molecule is C=Cc1ccccc1C(CC)CC(C)c1ccc2c(c1)CC2. The Labute approximate surface area is 134 Å². The van der Waals surface area contributed by atoms with Crippen molar-refractivity contribution in [3.63, 3.8) is 0 Å². The highest BCUT2D eigenvalue weighted by molar-refractivity contribution is 5.53. The van der Waals surface area contributed by atoms with E-state index in [0.29, 0.717) is 11.8 Å². The monoisotopic (exact) mass is 290 g/mol. The number of hydrogen-bond donors (Lipinski definition) is 0. The molecular formula is C22H26. The molecule has 0 amide bonds. The standard InChI is InChI=1S/C22H26/c1-4-17-8-6-7-9-22(17)18(5-2)14-16(3)20-12-10-19-11-13-21(19)15-20/h4,6-10,12,15-16,18H,1,5,11,13-14H2,2-3H3. The molecule has 0 fully saturated rings. The molecule has 2 aromatic carbocycles. The quantitative estimate of drug-likeness (QED) is 0.601. The highest BCUT2D eigenvalue weighted by Crippen LogP contribution is 2.35. The first kappa shape index (κ1) is 15.1. The summed E-state index contributed by atoms with van der Waals surface area (Å²) >= 11 is 0. The van der Waals surface area contributed by atoms with E-state index in [1.54, 1.807) is 11.1 Å². The Morgan fingerprint density at radius 3 is 2.50 bits per heavy atom. The fourth-order valence-corrected chi connectivity index (χ4v) is 3.67. The van der Waals surface area contributed by atoms with Crippen LogP contribution in [0.15, 0.2) is 49.0 Å². The van der Waals surface area contributed by atoms with Gasteiger partial charge in [0.15, 0.2) is 0 Å². The molecule has 0 heteroatoms. The molecule has 0 nitrogen and oxygen atoms in total. The van der Waals surface area contributed by atoms with Gasteiger partial charge in [-0.05, 0) is 65.3 Å². The molecular weight excluding hydrogens is 264 g/mol. The molecule has 2 unspecified atom stereocenters. The maximum atomic E-state index is 3.97. The summed E-state index contributed by atoms with van der Waals surface area (Å²) in [4.78, 5) is 0. The zero-order valence-corrected chi connectivity index (χ0v) is 13.8. The molecule has 0 spiro atoms. The first-order valence-electron chi connectivity index (χ1n) is 8.56. The summed E-state index contributed by atoms with van der Waals surface area (Å²) in [7, 11) is 0. The molecule has 1 aliphatic rings. The van der Waals surface area contributed by atoms with Gasteiger partial charge in [0.25, 0.3) is 0 Å². The number of hydrogen-bond acceptors (Lipinski definition) is 0. The summed E-state index contributed by atoms with van der Waals surface area (Å²) in [6.07, 6.45) is 6.93. The second-order valence-electron chi connectivity index (χ2n) is 6.60. The van der Waals surface area contributed by atoms with E-state index in [0.717, 1.165) is 0 Å². The first-order chi connectivity index (χ1) is 10.7. The zero-order chi connectivity index (χ0) is 15.5. The van der Waals surface area contributed by atoms with Gasteiger partial charge in [0.1, 0.15) is 0 Å². The lowest BCUT2D eigenvalue weighted by Crippen LogP contribution is -2.10. The Hall–Kier alpha value is -1.82. The van der Waals surface area contributed by atoms with E-state index < -0.39 is 0 Å². The van der Waals surface area contributed by atoms with Crippen LogP contribution in [0.4, 0.5) is 0 Å². The molecule has 3 rings (SSSR count). The molecule has 2 atom stereocenters. The van der Waals surface area contributed by atoms with Crippen LogP contribution >= 0.6 is 0 Å². The molecule has 114 valence electrons. The molecule has 0 radical (unpaired) electrons. The topological polar surface area (TPSA) is 0 Å². The van der Waals surface area contributed by atoms with Gasteiger partial charge in [-0.25, -0.2) is 0 Å². The van der Waals surface area contributed by atoms with E-state index in [1.165, 1.54) is 42.4 Å². The number of benzene rings is 2. The van der Waals surface area contributed by atoms with Gasteiger partial charge in [0, 0.05) is 0 Å². The van der Waals surface area contributed by atoms with Crippen molar-refractivity contribution in [3.05, 3.63) is 76.9 Å². The van der Waals surface area contributed by atoms with Gasteiger partial charge < -0.3 is 0 Å². The van der Waals surface area contributed by atoms with Crippen molar-refractivity contribution in [2.75, 3.05) is 0 Å². The van der Waals surface area contributed by atoms with Crippen LogP contribution < -0.4 is 0 Å². The minimum atomic E-state index is 0.605. The van der Waals surface area contributed by atoms with Crippen LogP contribution in [0.5, 0.6) is 0 Å². The second-order valence-corrected chi connectivity index (χ2v) is 6.60. The van der Waals surface area contributed by atoms with Gasteiger partial charge in [-0.2, -0.15) is 0 Å². The highest BCUT2D eigenvalue weighted by Gasteiger charge is 2.19. The largest absolute Gasteiger partial charge is 0.0985 e. The maximum absolute atomic E-state index is 3.97. The zero-order valence-electron chi connectivity index (χ0n) is 13.8. The molecule has 1 aliphatic carbocycles. The van der Waals surface area contributed by atoms with Crippen molar-refractivity contribution in [2.24, 2.45) is 0 Å². The van der Waals surface area contributed by atoms with Gasteiger partial charge in [0.2, 0.25) is 0 Å². The van der Waals surface area contributed by atoms with Crippen molar-refractivity contribution in [3.8, 4) is 0 Å². The predicted molar refractivity (Wildman–Crippen MR) is 96.4 cm³/mol. The third-order valence-electron chi connectivity index (χ3n) is 5.25. The summed E-state index contributed by atoms with van der Waals surface area (Å²) in [6.45, 7) is 8.65. The summed E-state index contributed by atoms with van der Waals surface area (Å²) in [5.41, 5.74) is 7.38. The Morgan fingerprint density at radius 1 is 1.09 bits per heavy atom. The minimum Gasteiger partial charge on any atom is -0.0985 e. The molecule has 0 saturated heterocycles. The van der Waals surface area contributed by atoms with E-state index in [9.17, 15) is 0 Å². The average molecular weight is 290 g/mol. The highest BCUT2D eigenvalue weighted by atomic mass is 14.2. The fraction of sp³-hybridized carbons (Fsp3) is 0.364. The van der Waals surface area contributed by atoms with Gasteiger partial charge in [-0.3, -0.25) is 0 Å². The summed E-state index contributed by atoms with van der Waals surface area (Å²) in [5, 5.41) is 0. The second kappa shape index (κ2) is 6.52. The van der Waals surface area contributed by atoms with E-state index in [4.69, 9.17) is 0 Å². The van der Waals surface area contributed by atoms with Crippen molar-refractivity contribution < 1.29 is 0 Å². The Morgan fingerprint density at radius 2 is 1.86 bits per heavy atom.